The number of pyridine rings is 1. The van der Waals surface area contributed by atoms with Crippen LogP contribution in [0.15, 0.2) is 36.5 Å². The lowest BCUT2D eigenvalue weighted by Crippen LogP contribution is -2.10. The van der Waals surface area contributed by atoms with Gasteiger partial charge in [-0.05, 0) is 30.7 Å². The topological polar surface area (TPSA) is 50.9 Å². The molecule has 0 aliphatic heterocycles. The number of nitrogens with two attached hydrogens (primary N) is 1. The summed E-state index contributed by atoms with van der Waals surface area (Å²) in [6, 6.07) is 8.28. The quantitative estimate of drug-likeness (QED) is 0.834. The third-order valence-corrected chi connectivity index (χ3v) is 2.76. The summed E-state index contributed by atoms with van der Waals surface area (Å²) < 4.78 is 13.7. The molecule has 2 aromatic rings. The van der Waals surface area contributed by atoms with Crippen molar-refractivity contribution in [2.75, 3.05) is 5.32 Å². The average molecular weight is 261 g/mol. The van der Waals surface area contributed by atoms with E-state index in [1.54, 1.807) is 24.4 Å². The van der Waals surface area contributed by atoms with Crippen LogP contribution in [0.5, 0.6) is 0 Å². The zero-order valence-electron chi connectivity index (χ0n) is 9.77. The number of aromatic nitrogens is 1. The van der Waals surface area contributed by atoms with Crippen LogP contribution in [0, 0.1) is 12.7 Å². The maximum Gasteiger partial charge on any atom is 0.146 e. The van der Waals surface area contributed by atoms with Gasteiger partial charge in [0.05, 0.1) is 5.69 Å². The SMILES string of the molecule is Cc1cccc(F)c1Nc1cc(C(N)=S)ccn1. The van der Waals surface area contributed by atoms with E-state index in [4.69, 9.17) is 18.0 Å². The third kappa shape index (κ3) is 2.62. The predicted octanol–water partition coefficient (Wildman–Crippen LogP) is 2.91. The van der Waals surface area contributed by atoms with Crippen molar-refractivity contribution < 1.29 is 4.39 Å². The van der Waals surface area contributed by atoms with E-state index >= 15 is 0 Å². The molecule has 0 saturated heterocycles. The monoisotopic (exact) mass is 261 g/mol. The normalized spacial score (nSPS) is 10.1. The van der Waals surface area contributed by atoms with Gasteiger partial charge in [0, 0.05) is 11.8 Å². The molecule has 0 amide bonds. The molecule has 0 spiro atoms. The Hall–Kier alpha value is -2.01. The highest BCUT2D eigenvalue weighted by molar-refractivity contribution is 7.80. The van der Waals surface area contributed by atoms with Crippen LogP contribution in [0.2, 0.25) is 0 Å². The fourth-order valence-electron chi connectivity index (χ4n) is 1.57. The van der Waals surface area contributed by atoms with Gasteiger partial charge in [-0.25, -0.2) is 9.37 Å². The van der Waals surface area contributed by atoms with Gasteiger partial charge in [0.2, 0.25) is 0 Å². The van der Waals surface area contributed by atoms with E-state index in [1.807, 2.05) is 13.0 Å². The summed E-state index contributed by atoms with van der Waals surface area (Å²) in [5.74, 6) is 0.186. The maximum atomic E-state index is 13.7. The number of aryl methyl sites for hydroxylation is 1. The molecule has 1 aromatic carbocycles. The first-order valence-corrected chi connectivity index (χ1v) is 5.77. The standard InChI is InChI=1S/C13H12FN3S/c1-8-3-2-4-10(14)12(8)17-11-7-9(13(15)18)5-6-16-11/h2-7H,1H3,(H2,15,18)(H,16,17). The summed E-state index contributed by atoms with van der Waals surface area (Å²) in [6.07, 6.45) is 1.58. The Morgan fingerprint density at radius 2 is 2.17 bits per heavy atom. The van der Waals surface area contributed by atoms with Gasteiger partial charge < -0.3 is 11.1 Å². The second kappa shape index (κ2) is 5.10. The first-order chi connectivity index (χ1) is 8.58. The van der Waals surface area contributed by atoms with Crippen molar-refractivity contribution in [3.05, 3.63) is 53.5 Å². The number of halogens is 1. The van der Waals surface area contributed by atoms with Gasteiger partial charge in [-0.3, -0.25) is 0 Å². The predicted molar refractivity (Wildman–Crippen MR) is 74.5 cm³/mol. The number of nitrogens with zero attached hydrogens (tertiary/aromatic N) is 1. The highest BCUT2D eigenvalue weighted by Crippen LogP contribution is 2.22. The highest BCUT2D eigenvalue weighted by atomic mass is 32.1. The molecule has 0 unspecified atom stereocenters. The van der Waals surface area contributed by atoms with Crippen LogP contribution in [0.4, 0.5) is 15.9 Å². The molecule has 3 nitrogen and oxygen atoms in total. The number of nitrogens with one attached hydrogen (secondary N) is 1. The van der Waals surface area contributed by atoms with Crippen molar-refractivity contribution in [3.63, 3.8) is 0 Å². The van der Waals surface area contributed by atoms with Crippen LogP contribution in [-0.2, 0) is 0 Å². The molecule has 0 bridgehead atoms. The van der Waals surface area contributed by atoms with E-state index in [0.717, 1.165) is 5.56 Å². The van der Waals surface area contributed by atoms with Crippen LogP contribution < -0.4 is 11.1 Å². The van der Waals surface area contributed by atoms with Crippen LogP contribution in [0.3, 0.4) is 0 Å². The molecule has 0 aliphatic rings. The van der Waals surface area contributed by atoms with Gasteiger partial charge in [-0.15, -0.1) is 0 Å². The number of para-hydroxylation sites is 1. The number of anilines is 2. The molecule has 3 N–H and O–H groups in total. The molecule has 0 radical (unpaired) electrons. The minimum Gasteiger partial charge on any atom is -0.389 e. The highest BCUT2D eigenvalue weighted by Gasteiger charge is 2.06. The third-order valence-electron chi connectivity index (χ3n) is 2.52. The zero-order chi connectivity index (χ0) is 13.1. The molecule has 1 aromatic heterocycles. The molecule has 0 fully saturated rings. The Morgan fingerprint density at radius 3 is 2.83 bits per heavy atom. The largest absolute Gasteiger partial charge is 0.389 e. The Bertz CT molecular complexity index is 578. The average Bonchev–Trinajstić information content (AvgIpc) is 2.34. The molecular weight excluding hydrogens is 249 g/mol. The summed E-state index contributed by atoms with van der Waals surface area (Å²) in [5.41, 5.74) is 7.44. The molecular formula is C13H12FN3S. The van der Waals surface area contributed by atoms with Gasteiger partial charge in [0.15, 0.2) is 0 Å². The molecule has 0 aliphatic carbocycles. The van der Waals surface area contributed by atoms with Crippen molar-refractivity contribution >= 4 is 28.7 Å². The van der Waals surface area contributed by atoms with Crippen molar-refractivity contribution in [3.8, 4) is 0 Å². The number of hydrogen-bond acceptors (Lipinski definition) is 3. The Labute approximate surface area is 110 Å². The maximum absolute atomic E-state index is 13.7. The minimum atomic E-state index is -0.322. The molecule has 18 heavy (non-hydrogen) atoms. The molecule has 1 heterocycles. The van der Waals surface area contributed by atoms with Gasteiger partial charge in [-0.1, -0.05) is 24.4 Å². The van der Waals surface area contributed by atoms with Crippen LogP contribution >= 0.6 is 12.2 Å². The lowest BCUT2D eigenvalue weighted by molar-refractivity contribution is 0.631. The lowest BCUT2D eigenvalue weighted by atomic mass is 10.2. The first-order valence-electron chi connectivity index (χ1n) is 5.36. The molecule has 92 valence electrons. The number of thiocarbonyl (C=S) groups is 1. The summed E-state index contributed by atoms with van der Waals surface area (Å²) >= 11 is 4.89. The number of rotatable bonds is 3. The summed E-state index contributed by atoms with van der Waals surface area (Å²) in [5, 5.41) is 2.93. The minimum absolute atomic E-state index is 0.283. The Morgan fingerprint density at radius 1 is 1.39 bits per heavy atom. The van der Waals surface area contributed by atoms with E-state index < -0.39 is 0 Å². The molecule has 2 rings (SSSR count). The van der Waals surface area contributed by atoms with Crippen molar-refractivity contribution in [1.29, 1.82) is 0 Å². The summed E-state index contributed by atoms with van der Waals surface area (Å²) in [7, 11) is 0. The zero-order valence-corrected chi connectivity index (χ0v) is 10.6. The van der Waals surface area contributed by atoms with E-state index in [0.29, 0.717) is 17.1 Å². The van der Waals surface area contributed by atoms with E-state index in [9.17, 15) is 4.39 Å². The summed E-state index contributed by atoms with van der Waals surface area (Å²) in [4.78, 5) is 4.39. The van der Waals surface area contributed by atoms with Gasteiger partial charge in [0.25, 0.3) is 0 Å². The van der Waals surface area contributed by atoms with E-state index in [2.05, 4.69) is 10.3 Å². The fourth-order valence-corrected chi connectivity index (χ4v) is 1.70. The Balaban J connectivity index is 2.34. The second-order valence-electron chi connectivity index (χ2n) is 3.85. The smallest absolute Gasteiger partial charge is 0.146 e. The number of benzene rings is 1. The molecule has 5 heteroatoms. The van der Waals surface area contributed by atoms with Crippen LogP contribution in [0.25, 0.3) is 0 Å². The first kappa shape index (κ1) is 12.4. The van der Waals surface area contributed by atoms with Crippen molar-refractivity contribution in [2.45, 2.75) is 6.92 Å². The summed E-state index contributed by atoms with van der Waals surface area (Å²) in [6.45, 7) is 1.82. The second-order valence-corrected chi connectivity index (χ2v) is 4.29. The van der Waals surface area contributed by atoms with Gasteiger partial charge in [0.1, 0.15) is 16.6 Å². The number of hydrogen-bond donors (Lipinski definition) is 2. The Kier molecular flexibility index (Phi) is 3.53. The van der Waals surface area contributed by atoms with Crippen LogP contribution in [-0.4, -0.2) is 9.97 Å². The molecule has 0 atom stereocenters. The molecule has 0 saturated carbocycles. The lowest BCUT2D eigenvalue weighted by Gasteiger charge is -2.10. The van der Waals surface area contributed by atoms with Gasteiger partial charge >= 0.3 is 0 Å². The van der Waals surface area contributed by atoms with E-state index in [-0.39, 0.29) is 10.8 Å². The van der Waals surface area contributed by atoms with Crippen molar-refractivity contribution in [2.24, 2.45) is 5.73 Å². The van der Waals surface area contributed by atoms with E-state index in [1.165, 1.54) is 6.07 Å². The van der Waals surface area contributed by atoms with Crippen LogP contribution in [0.1, 0.15) is 11.1 Å². The fraction of sp³-hybridized carbons (Fsp3) is 0.0769. The van der Waals surface area contributed by atoms with Gasteiger partial charge in [-0.2, -0.15) is 0 Å². The van der Waals surface area contributed by atoms with Crippen molar-refractivity contribution in [1.82, 2.24) is 4.98 Å².